The maximum atomic E-state index is 13.5. The van der Waals surface area contributed by atoms with Crippen LogP contribution in [0.3, 0.4) is 0 Å². The number of nitrogens with one attached hydrogen (secondary N) is 2. The van der Waals surface area contributed by atoms with Crippen LogP contribution in [0, 0.1) is 5.82 Å². The van der Waals surface area contributed by atoms with E-state index >= 15 is 0 Å². The summed E-state index contributed by atoms with van der Waals surface area (Å²) in [5, 5.41) is 2.20. The van der Waals surface area contributed by atoms with Gasteiger partial charge in [0.05, 0.1) is 17.1 Å². The Balaban J connectivity index is 1.98. The molecule has 0 saturated carbocycles. The molecule has 0 aliphatic heterocycles. The maximum Gasteiger partial charge on any atom is 0.416 e. The van der Waals surface area contributed by atoms with Crippen LogP contribution in [-0.2, 0) is 17.5 Å². The molecule has 0 fully saturated rings. The molecule has 2 aromatic carbocycles. The van der Waals surface area contributed by atoms with E-state index in [1.165, 1.54) is 37.3 Å². The zero-order valence-corrected chi connectivity index (χ0v) is 18.7. The van der Waals surface area contributed by atoms with Gasteiger partial charge in [-0.15, -0.1) is 0 Å². The van der Waals surface area contributed by atoms with Crippen molar-refractivity contribution in [3.05, 3.63) is 98.5 Å². The number of alkyl halides is 3. The second-order valence-electron chi connectivity index (χ2n) is 7.22. The first kappa shape index (κ1) is 25.6. The van der Waals surface area contributed by atoms with Gasteiger partial charge in [-0.1, -0.05) is 23.7 Å². The van der Waals surface area contributed by atoms with Crippen molar-refractivity contribution in [2.24, 2.45) is 4.99 Å². The first-order chi connectivity index (χ1) is 16.4. The van der Waals surface area contributed by atoms with E-state index in [-0.39, 0.29) is 28.9 Å². The van der Waals surface area contributed by atoms with Crippen molar-refractivity contribution < 1.29 is 27.2 Å². The van der Waals surface area contributed by atoms with E-state index < -0.39 is 34.9 Å². The maximum absolute atomic E-state index is 13.5. The van der Waals surface area contributed by atoms with Gasteiger partial charge in [-0.2, -0.15) is 18.2 Å². The highest BCUT2D eigenvalue weighted by molar-refractivity contribution is 6.30. The summed E-state index contributed by atoms with van der Waals surface area (Å²) < 4.78 is 52.0. The molecule has 3 rings (SSSR count). The number of halogens is 5. The fourth-order valence-corrected chi connectivity index (χ4v) is 3.11. The van der Waals surface area contributed by atoms with Crippen LogP contribution in [0.15, 0.2) is 70.5 Å². The van der Waals surface area contributed by atoms with Crippen molar-refractivity contribution in [2.45, 2.75) is 19.6 Å². The van der Waals surface area contributed by atoms with Crippen LogP contribution in [0.2, 0.25) is 5.02 Å². The lowest BCUT2D eigenvalue weighted by Gasteiger charge is -2.23. The molecule has 0 aliphatic carbocycles. The Morgan fingerprint density at radius 3 is 2.34 bits per heavy atom. The fraction of sp³-hybridized carbons (Fsp3) is 0.130. The number of aliphatic imine (C=N–C) groups is 1. The van der Waals surface area contributed by atoms with Gasteiger partial charge in [0, 0.05) is 18.6 Å². The zero-order chi connectivity index (χ0) is 25.8. The summed E-state index contributed by atoms with van der Waals surface area (Å²) >= 11 is 5.81. The number of benzene rings is 2. The van der Waals surface area contributed by atoms with Crippen molar-refractivity contribution in [1.29, 1.82) is 0 Å². The topological polar surface area (TPSA) is 94.6 Å². The number of rotatable bonds is 4. The number of carbonyl (C=O) groups excluding carboxylic acids is 2. The minimum absolute atomic E-state index is 0.0105. The van der Waals surface area contributed by atoms with Crippen LogP contribution in [0.25, 0.3) is 0 Å². The third-order valence-corrected chi connectivity index (χ3v) is 4.93. The van der Waals surface area contributed by atoms with Gasteiger partial charge in [0.1, 0.15) is 11.6 Å². The van der Waals surface area contributed by atoms with Gasteiger partial charge < -0.3 is 4.98 Å². The van der Waals surface area contributed by atoms with E-state index in [0.29, 0.717) is 5.56 Å². The molecule has 182 valence electrons. The molecule has 1 heterocycles. The summed E-state index contributed by atoms with van der Waals surface area (Å²) in [6.07, 6.45) is -4.58. The van der Waals surface area contributed by atoms with Crippen LogP contribution in [-0.4, -0.2) is 27.7 Å². The quantitative estimate of drug-likeness (QED) is 0.305. The summed E-state index contributed by atoms with van der Waals surface area (Å²) in [6, 6.07) is 11.2. The number of aromatic amines is 1. The Hall–Kier alpha value is -3.99. The van der Waals surface area contributed by atoms with Gasteiger partial charge in [-0.05, 0) is 48.0 Å². The predicted octanol–water partition coefficient (Wildman–Crippen LogP) is 4.65. The van der Waals surface area contributed by atoms with E-state index in [1.54, 1.807) is 0 Å². The van der Waals surface area contributed by atoms with E-state index in [4.69, 9.17) is 11.6 Å². The highest BCUT2D eigenvalue weighted by atomic mass is 35.5. The summed E-state index contributed by atoms with van der Waals surface area (Å²) in [5.74, 6) is -2.46. The van der Waals surface area contributed by atoms with Crippen molar-refractivity contribution in [3.8, 4) is 0 Å². The van der Waals surface area contributed by atoms with Crippen molar-refractivity contribution in [3.63, 3.8) is 0 Å². The molecule has 1 aromatic heterocycles. The SMILES string of the molecule is CC(=O)N(Cc1ccc(F)c(Cl)c1)/C(=N\c1cccc(=O)[nH]1)NC(=O)c1ccc(C(F)(F)F)cc1. The van der Waals surface area contributed by atoms with Crippen molar-refractivity contribution in [2.75, 3.05) is 0 Å². The summed E-state index contributed by atoms with van der Waals surface area (Å²) in [5.41, 5.74) is -1.19. The Labute approximate surface area is 201 Å². The first-order valence-corrected chi connectivity index (χ1v) is 10.3. The van der Waals surface area contributed by atoms with Crippen molar-refractivity contribution >= 4 is 35.2 Å². The fourth-order valence-electron chi connectivity index (χ4n) is 2.91. The lowest BCUT2D eigenvalue weighted by atomic mass is 10.1. The Bertz CT molecular complexity index is 1340. The predicted molar refractivity (Wildman–Crippen MR) is 121 cm³/mol. The Morgan fingerprint density at radius 1 is 1.09 bits per heavy atom. The van der Waals surface area contributed by atoms with Gasteiger partial charge in [0.15, 0.2) is 0 Å². The van der Waals surface area contributed by atoms with Gasteiger partial charge in [0.2, 0.25) is 17.4 Å². The average molecular weight is 509 g/mol. The van der Waals surface area contributed by atoms with Gasteiger partial charge >= 0.3 is 6.18 Å². The molecule has 0 unspecified atom stereocenters. The third kappa shape index (κ3) is 6.76. The number of hydrogen-bond donors (Lipinski definition) is 2. The highest BCUT2D eigenvalue weighted by Gasteiger charge is 2.30. The smallest absolute Gasteiger partial charge is 0.307 e. The number of amides is 2. The standard InChI is InChI=1S/C23H17ClF4N4O3/c1-13(33)32(12-14-5-10-18(25)17(24)11-14)22(30-19-3-2-4-20(34)29-19)31-21(35)15-6-8-16(9-7-15)23(26,27)28/h2-11H,12H2,1H3,(H2,29,30,31,34,35). The van der Waals surface area contributed by atoms with Crippen LogP contribution >= 0.6 is 11.6 Å². The number of aromatic nitrogens is 1. The van der Waals surface area contributed by atoms with Gasteiger partial charge in [0.25, 0.3) is 5.91 Å². The molecule has 2 N–H and O–H groups in total. The minimum Gasteiger partial charge on any atom is -0.307 e. The molecular weight excluding hydrogens is 492 g/mol. The van der Waals surface area contributed by atoms with E-state index in [9.17, 15) is 31.9 Å². The van der Waals surface area contributed by atoms with E-state index in [2.05, 4.69) is 15.3 Å². The molecule has 0 bridgehead atoms. The molecule has 0 saturated heterocycles. The van der Waals surface area contributed by atoms with Crippen LogP contribution in [0.5, 0.6) is 0 Å². The molecule has 0 spiro atoms. The van der Waals surface area contributed by atoms with Crippen LogP contribution in [0.4, 0.5) is 23.4 Å². The monoisotopic (exact) mass is 508 g/mol. The minimum atomic E-state index is -4.58. The number of hydrogen-bond acceptors (Lipinski definition) is 4. The lowest BCUT2D eigenvalue weighted by Crippen LogP contribution is -2.46. The second-order valence-corrected chi connectivity index (χ2v) is 7.63. The zero-order valence-electron chi connectivity index (χ0n) is 18.0. The average Bonchev–Trinajstić information content (AvgIpc) is 2.78. The molecule has 3 aromatic rings. The molecule has 2 amide bonds. The number of pyridine rings is 1. The molecule has 35 heavy (non-hydrogen) atoms. The van der Waals surface area contributed by atoms with Gasteiger partial charge in [-0.25, -0.2) is 4.39 Å². The second kappa shape index (κ2) is 10.5. The number of H-pyrrole nitrogens is 1. The molecule has 12 heteroatoms. The number of nitrogens with zero attached hydrogens (tertiary/aromatic N) is 2. The normalized spacial score (nSPS) is 11.8. The number of guanidine groups is 1. The van der Waals surface area contributed by atoms with Crippen LogP contribution < -0.4 is 10.9 Å². The molecule has 0 atom stereocenters. The third-order valence-electron chi connectivity index (χ3n) is 4.64. The molecular formula is C23H17ClF4N4O3. The summed E-state index contributed by atoms with van der Waals surface area (Å²) in [4.78, 5) is 44.5. The number of carbonyl (C=O) groups is 2. The first-order valence-electron chi connectivity index (χ1n) is 9.92. The Morgan fingerprint density at radius 2 is 1.77 bits per heavy atom. The van der Waals surface area contributed by atoms with Crippen LogP contribution in [0.1, 0.15) is 28.4 Å². The lowest BCUT2D eigenvalue weighted by molar-refractivity contribution is -0.137. The summed E-state index contributed by atoms with van der Waals surface area (Å²) in [6.45, 7) is 0.983. The van der Waals surface area contributed by atoms with Crippen molar-refractivity contribution in [1.82, 2.24) is 15.2 Å². The molecule has 0 radical (unpaired) electrons. The van der Waals surface area contributed by atoms with E-state index in [0.717, 1.165) is 35.2 Å². The molecule has 7 nitrogen and oxygen atoms in total. The molecule has 0 aliphatic rings. The van der Waals surface area contributed by atoms with E-state index in [1.807, 2.05) is 0 Å². The Kier molecular flexibility index (Phi) is 7.70. The highest BCUT2D eigenvalue weighted by Crippen LogP contribution is 2.29. The van der Waals surface area contributed by atoms with Gasteiger partial charge in [-0.3, -0.25) is 24.6 Å². The summed E-state index contributed by atoms with van der Waals surface area (Å²) in [7, 11) is 0. The largest absolute Gasteiger partial charge is 0.416 e.